The predicted molar refractivity (Wildman–Crippen MR) is 138 cm³/mol. The van der Waals surface area contributed by atoms with Crippen LogP contribution >= 0.6 is 0 Å². The van der Waals surface area contributed by atoms with E-state index in [0.29, 0.717) is 13.0 Å². The van der Waals surface area contributed by atoms with Crippen molar-refractivity contribution in [3.63, 3.8) is 0 Å². The summed E-state index contributed by atoms with van der Waals surface area (Å²) in [6.45, 7) is 11.6. The first-order chi connectivity index (χ1) is 15.3. The first kappa shape index (κ1) is 28.2. The number of carbonyl (C=O) groups is 1. The molecule has 4 heteroatoms. The molecule has 0 amide bonds. The van der Waals surface area contributed by atoms with E-state index in [1.54, 1.807) is 0 Å². The number of ether oxygens (including phenoxy) is 1. The van der Waals surface area contributed by atoms with Crippen LogP contribution in [0, 0.1) is 11.3 Å². The quantitative estimate of drug-likeness (QED) is 0.185. The van der Waals surface area contributed by atoms with Gasteiger partial charge in [-0.2, -0.15) is 0 Å². The fourth-order valence-electron chi connectivity index (χ4n) is 6.73. The van der Waals surface area contributed by atoms with E-state index in [0.717, 1.165) is 25.7 Å². The van der Waals surface area contributed by atoms with Gasteiger partial charge in [0.2, 0.25) is 0 Å². The Kier molecular flexibility index (Phi) is 11.6. The normalized spacial score (nSPS) is 29.7. The Morgan fingerprint density at radius 1 is 1.00 bits per heavy atom. The molecule has 0 heterocycles. The van der Waals surface area contributed by atoms with Crippen LogP contribution in [-0.2, 0) is 9.53 Å². The van der Waals surface area contributed by atoms with E-state index in [1.165, 1.54) is 70.2 Å². The van der Waals surface area contributed by atoms with Crippen LogP contribution in [0.15, 0.2) is 9.67 Å². The van der Waals surface area contributed by atoms with Crippen LogP contribution in [0.4, 0.5) is 0 Å². The van der Waals surface area contributed by atoms with Crippen molar-refractivity contribution in [1.82, 2.24) is 0 Å². The number of hydrogen-bond acceptors (Lipinski definition) is 3. The summed E-state index contributed by atoms with van der Waals surface area (Å²) in [5.74, 6) is 0.0835. The average Bonchev–Trinajstić information content (AvgIpc) is 2.86. The van der Waals surface area contributed by atoms with Gasteiger partial charge >= 0.3 is 204 Å². The van der Waals surface area contributed by atoms with Gasteiger partial charge in [-0.15, -0.1) is 0 Å². The zero-order chi connectivity index (χ0) is 23.7. The van der Waals surface area contributed by atoms with Gasteiger partial charge in [-0.3, -0.25) is 0 Å². The third kappa shape index (κ3) is 6.77. The third-order valence-electron chi connectivity index (χ3n) is 8.82. The average molecular weight is 555 g/mol. The Labute approximate surface area is 203 Å². The second-order valence-electron chi connectivity index (χ2n) is 11.1. The summed E-state index contributed by atoms with van der Waals surface area (Å²) in [7, 11) is 0. The number of hydrogen-bond donors (Lipinski definition) is 1. The maximum absolute atomic E-state index is 12.7. The van der Waals surface area contributed by atoms with Crippen LogP contribution in [0.3, 0.4) is 0 Å². The summed E-state index contributed by atoms with van der Waals surface area (Å²) < 4.78 is 12.6. The summed E-state index contributed by atoms with van der Waals surface area (Å²) in [6.07, 6.45) is 14.5. The molecule has 2 aliphatic rings. The van der Waals surface area contributed by atoms with Gasteiger partial charge in [0.25, 0.3) is 0 Å². The van der Waals surface area contributed by atoms with Gasteiger partial charge < -0.3 is 0 Å². The van der Waals surface area contributed by atoms with Crippen LogP contribution in [-0.4, -0.2) is 41.7 Å². The van der Waals surface area contributed by atoms with Crippen molar-refractivity contribution in [2.45, 2.75) is 137 Å². The summed E-state index contributed by atoms with van der Waals surface area (Å²) in [6, 6.07) is 0. The SMILES string of the molecule is CCC[CH2][Sn](/[CH]=C1\C[C@]2(O)CCCCC[C@]2(C)[C@@H]1CC(=O)OCC)([CH2]CCC)[CH2]CCC. The van der Waals surface area contributed by atoms with Gasteiger partial charge in [-0.05, 0) is 0 Å². The Morgan fingerprint density at radius 3 is 2.09 bits per heavy atom. The molecule has 0 aliphatic heterocycles. The van der Waals surface area contributed by atoms with Gasteiger partial charge in [0.15, 0.2) is 0 Å². The number of carbonyl (C=O) groups excluding carboxylic acids is 1. The molecule has 0 aromatic heterocycles. The monoisotopic (exact) mass is 556 g/mol. The molecular weight excluding hydrogens is 503 g/mol. The van der Waals surface area contributed by atoms with Crippen molar-refractivity contribution in [3.05, 3.63) is 9.67 Å². The van der Waals surface area contributed by atoms with E-state index in [-0.39, 0.29) is 17.3 Å². The fourth-order valence-corrected chi connectivity index (χ4v) is 22.3. The van der Waals surface area contributed by atoms with E-state index in [9.17, 15) is 9.90 Å². The topological polar surface area (TPSA) is 46.5 Å². The van der Waals surface area contributed by atoms with Gasteiger partial charge in [-0.1, -0.05) is 0 Å². The van der Waals surface area contributed by atoms with Crippen molar-refractivity contribution in [2.75, 3.05) is 6.61 Å². The summed E-state index contributed by atoms with van der Waals surface area (Å²) in [4.78, 5) is 12.7. The molecule has 0 saturated heterocycles. The first-order valence-corrected chi connectivity index (χ1v) is 21.6. The van der Waals surface area contributed by atoms with Gasteiger partial charge in [0, 0.05) is 0 Å². The van der Waals surface area contributed by atoms with Gasteiger partial charge in [0.05, 0.1) is 0 Å². The molecule has 0 aromatic rings. The van der Waals surface area contributed by atoms with Crippen LogP contribution in [0.2, 0.25) is 13.3 Å². The predicted octanol–water partition coefficient (Wildman–Crippen LogP) is 7.98. The summed E-state index contributed by atoms with van der Waals surface area (Å²) >= 11 is -2.53. The molecule has 186 valence electrons. The molecule has 0 spiro atoms. The Morgan fingerprint density at radius 2 is 1.56 bits per heavy atom. The Bertz CT molecular complexity index is 594. The van der Waals surface area contributed by atoms with Crippen LogP contribution in [0.5, 0.6) is 0 Å². The standard InChI is InChI=1S/C16H25O3.3C4H9.Sn/c1-4-19-14(17)10-13-12(2)11-16(18)9-7-5-6-8-15(13,16)3;3*1-3-4-2;/h2,13,18H,4-11H2,1,3H3;3*1,3-4H2,2H3;/t13-,15-,16-;;;;/m1..../s1. The second kappa shape index (κ2) is 13.2. The molecule has 2 aliphatic carbocycles. The molecule has 0 unspecified atom stereocenters. The summed E-state index contributed by atoms with van der Waals surface area (Å²) in [5, 5.41) is 12.0. The Balaban J connectivity index is 2.51. The molecule has 0 bridgehead atoms. The van der Waals surface area contributed by atoms with E-state index < -0.39 is 24.0 Å². The van der Waals surface area contributed by atoms with Crippen LogP contribution in [0.1, 0.15) is 118 Å². The molecule has 2 fully saturated rings. The number of fused-ring (bicyclic) bond motifs is 1. The van der Waals surface area contributed by atoms with Crippen molar-refractivity contribution >= 4 is 24.3 Å². The number of aliphatic hydroxyl groups is 1. The third-order valence-corrected chi connectivity index (χ3v) is 23.2. The maximum atomic E-state index is 12.7. The molecular formula is C28H52O3Sn. The summed E-state index contributed by atoms with van der Waals surface area (Å²) in [5.41, 5.74) is 0.619. The van der Waals surface area contributed by atoms with Crippen molar-refractivity contribution < 1.29 is 14.6 Å². The van der Waals surface area contributed by atoms with Crippen LogP contribution < -0.4 is 0 Å². The van der Waals surface area contributed by atoms with E-state index in [2.05, 4.69) is 31.8 Å². The zero-order valence-electron chi connectivity index (χ0n) is 21.9. The molecule has 2 saturated carbocycles. The fraction of sp³-hybridized carbons (Fsp3) is 0.893. The molecule has 3 nitrogen and oxygen atoms in total. The second-order valence-corrected chi connectivity index (χ2v) is 24.0. The number of rotatable bonds is 13. The molecule has 0 radical (unpaired) electrons. The number of esters is 1. The van der Waals surface area contributed by atoms with Gasteiger partial charge in [-0.25, -0.2) is 0 Å². The molecule has 2 rings (SSSR count). The minimum absolute atomic E-state index is 0.0744. The molecule has 0 aromatic carbocycles. The van der Waals surface area contributed by atoms with Gasteiger partial charge in [0.1, 0.15) is 0 Å². The van der Waals surface area contributed by atoms with Crippen molar-refractivity contribution in [3.8, 4) is 0 Å². The van der Waals surface area contributed by atoms with E-state index in [4.69, 9.17) is 4.74 Å². The first-order valence-electron chi connectivity index (χ1n) is 13.9. The van der Waals surface area contributed by atoms with E-state index >= 15 is 0 Å². The van der Waals surface area contributed by atoms with Crippen molar-refractivity contribution in [1.29, 1.82) is 0 Å². The Hall–Kier alpha value is -0.0313. The number of unbranched alkanes of at least 4 members (excludes halogenated alkanes) is 3. The molecule has 32 heavy (non-hydrogen) atoms. The minimum atomic E-state index is -2.53. The zero-order valence-corrected chi connectivity index (χ0v) is 24.8. The molecule has 1 N–H and O–H groups in total. The van der Waals surface area contributed by atoms with E-state index in [1.807, 2.05) is 6.92 Å². The molecule has 3 atom stereocenters. The van der Waals surface area contributed by atoms with Crippen LogP contribution in [0.25, 0.3) is 0 Å². The van der Waals surface area contributed by atoms with Crippen molar-refractivity contribution in [2.24, 2.45) is 11.3 Å².